The number of hydrogen-bond acceptors (Lipinski definition) is 8. The summed E-state index contributed by atoms with van der Waals surface area (Å²) in [6, 6.07) is 5.02. The van der Waals surface area contributed by atoms with Gasteiger partial charge in [0, 0.05) is 31.4 Å². The van der Waals surface area contributed by atoms with Crippen LogP contribution in [0.25, 0.3) is 0 Å². The third-order valence-corrected chi connectivity index (χ3v) is 4.30. The molecule has 0 bridgehead atoms. The summed E-state index contributed by atoms with van der Waals surface area (Å²) in [4.78, 5) is 11.7. The quantitative estimate of drug-likeness (QED) is 0.0920. The molecule has 0 aromatic heterocycles. The van der Waals surface area contributed by atoms with Gasteiger partial charge in [-0.2, -0.15) is 5.10 Å². The molecule has 0 atom stereocenters. The number of phenols is 1. The van der Waals surface area contributed by atoms with E-state index in [1.807, 2.05) is 17.3 Å². The third-order valence-electron chi connectivity index (χ3n) is 3.70. The molecule has 1 aliphatic carbocycles. The number of ketones is 1. The van der Waals surface area contributed by atoms with Gasteiger partial charge in [-0.05, 0) is 48.7 Å². The summed E-state index contributed by atoms with van der Waals surface area (Å²) in [5.41, 5.74) is 9.15. The van der Waals surface area contributed by atoms with E-state index in [0.29, 0.717) is 32.9 Å². The van der Waals surface area contributed by atoms with Crippen LogP contribution in [-0.4, -0.2) is 55.6 Å². The van der Waals surface area contributed by atoms with Gasteiger partial charge in [0.25, 0.3) is 0 Å². The monoisotopic (exact) mass is 615 g/mol. The molecule has 0 amide bonds. The fourth-order valence-corrected chi connectivity index (χ4v) is 2.24. The SMILES string of the molecule is CNC(=S)N/N=C/c1cccc(O)c1OC.CNC(=S)NN/C=C1/C=CC=C(OC)C1=O.[Cl][Ru]. The summed E-state index contributed by atoms with van der Waals surface area (Å²) in [6.45, 7) is 0. The predicted molar refractivity (Wildman–Crippen MR) is 138 cm³/mol. The molecule has 0 unspecified atom stereocenters. The summed E-state index contributed by atoms with van der Waals surface area (Å²) in [5.74, 6) is 0.590. The van der Waals surface area contributed by atoms with Crippen LogP contribution < -0.4 is 31.6 Å². The van der Waals surface area contributed by atoms with Crippen molar-refractivity contribution in [2.75, 3.05) is 28.3 Å². The van der Waals surface area contributed by atoms with Crippen LogP contribution in [0.1, 0.15) is 5.56 Å². The van der Waals surface area contributed by atoms with E-state index in [4.69, 9.17) is 33.9 Å². The Kier molecular flexibility index (Phi) is 17.2. The molecule has 0 fully saturated rings. The zero-order chi connectivity index (χ0) is 25.9. The molecule has 1 aromatic rings. The van der Waals surface area contributed by atoms with Gasteiger partial charge in [0.15, 0.2) is 27.5 Å². The average molecular weight is 615 g/mol. The number of benzene rings is 1. The van der Waals surface area contributed by atoms with E-state index >= 15 is 0 Å². The second-order valence-electron chi connectivity index (χ2n) is 5.72. The van der Waals surface area contributed by atoms with E-state index in [2.05, 4.69) is 41.7 Å². The van der Waals surface area contributed by atoms with Crippen molar-refractivity contribution in [2.24, 2.45) is 5.10 Å². The van der Waals surface area contributed by atoms with Crippen LogP contribution in [0.15, 0.2) is 59.1 Å². The number of allylic oxidation sites excluding steroid dienone is 4. The van der Waals surface area contributed by atoms with E-state index in [-0.39, 0.29) is 11.5 Å². The molecule has 0 spiro atoms. The number of rotatable bonds is 6. The molecule has 2 rings (SSSR count). The molecule has 1 aromatic carbocycles. The first-order valence-corrected chi connectivity index (χ1v) is 12.3. The van der Waals surface area contributed by atoms with Crippen LogP contribution in [0.4, 0.5) is 0 Å². The van der Waals surface area contributed by atoms with E-state index in [9.17, 15) is 9.90 Å². The van der Waals surface area contributed by atoms with Crippen LogP contribution in [0.2, 0.25) is 0 Å². The van der Waals surface area contributed by atoms with Crippen LogP contribution in [0, 0.1) is 0 Å². The first-order chi connectivity index (χ1) is 16.4. The first-order valence-electron chi connectivity index (χ1n) is 9.28. The number of thiocarbonyl (C=S) groups is 2. The third kappa shape index (κ3) is 11.4. The van der Waals surface area contributed by atoms with Gasteiger partial charge in [-0.15, -0.1) is 0 Å². The number of hydrazine groups is 1. The van der Waals surface area contributed by atoms with Gasteiger partial charge < -0.3 is 30.6 Å². The van der Waals surface area contributed by atoms with E-state index in [1.54, 1.807) is 50.5 Å². The number of phenolic OH excluding ortho intramolecular Hbond substituents is 1. The molecule has 10 nitrogen and oxygen atoms in total. The maximum atomic E-state index is 11.7. The molecule has 0 saturated heterocycles. The van der Waals surface area contributed by atoms with Gasteiger partial charge in [-0.3, -0.25) is 15.6 Å². The van der Waals surface area contributed by atoms with Crippen molar-refractivity contribution in [3.8, 4) is 11.5 Å². The number of Topliss-reactive ketones (excluding diaryl/α,β-unsaturated/α-hetero) is 1. The topological polar surface area (TPSA) is 128 Å². The van der Waals surface area contributed by atoms with Crippen LogP contribution in [-0.2, 0) is 26.8 Å². The van der Waals surface area contributed by atoms with Crippen LogP contribution in [0.3, 0.4) is 0 Å². The van der Waals surface area contributed by atoms with Crippen molar-refractivity contribution in [1.82, 2.24) is 26.9 Å². The van der Waals surface area contributed by atoms with Crippen molar-refractivity contribution in [3.05, 3.63) is 59.5 Å². The number of halogens is 1. The molecule has 14 heteroatoms. The molecule has 187 valence electrons. The number of ether oxygens (including phenoxy) is 2. The Bertz CT molecular complexity index is 957. The second kappa shape index (κ2) is 18.7. The number of nitrogens with one attached hydrogen (secondary N) is 5. The Balaban J connectivity index is 0.000000597. The fourth-order valence-electron chi connectivity index (χ4n) is 2.13. The Morgan fingerprint density at radius 1 is 1.15 bits per heavy atom. The second-order valence-corrected chi connectivity index (χ2v) is 6.54. The zero-order valence-corrected chi connectivity index (χ0v) is 22.9. The fraction of sp³-hybridized carbons (Fsp3) is 0.200. The van der Waals surface area contributed by atoms with Crippen molar-refractivity contribution in [3.63, 3.8) is 0 Å². The summed E-state index contributed by atoms with van der Waals surface area (Å²) in [5, 5.41) is 19.7. The van der Waals surface area contributed by atoms with E-state index < -0.39 is 0 Å². The van der Waals surface area contributed by atoms with Crippen LogP contribution >= 0.6 is 34.1 Å². The summed E-state index contributed by atoms with van der Waals surface area (Å²) in [7, 11) is 10.9. The Hall–Kier alpha value is -2.73. The van der Waals surface area contributed by atoms with Gasteiger partial charge in [0.2, 0.25) is 5.78 Å². The number of carbonyl (C=O) groups is 1. The minimum absolute atomic E-state index is 0.0719. The molecule has 0 aliphatic heterocycles. The van der Waals surface area contributed by atoms with Crippen LogP contribution in [0.5, 0.6) is 11.5 Å². The van der Waals surface area contributed by atoms with Crippen molar-refractivity contribution in [1.29, 1.82) is 0 Å². The minimum atomic E-state index is -0.172. The maximum absolute atomic E-state index is 11.7. The average Bonchev–Trinajstić information content (AvgIpc) is 2.86. The number of carbonyl (C=O) groups excluding carboxylic acids is 1. The molecular weight excluding hydrogens is 589 g/mol. The Labute approximate surface area is 223 Å². The van der Waals surface area contributed by atoms with Crippen molar-refractivity contribution < 1.29 is 36.7 Å². The Morgan fingerprint density at radius 2 is 1.82 bits per heavy atom. The number of nitrogens with zero attached hydrogens (tertiary/aromatic N) is 1. The molecular formula is C20H26ClN6O4RuS2. The van der Waals surface area contributed by atoms with Gasteiger partial charge in [-0.1, -0.05) is 12.1 Å². The van der Waals surface area contributed by atoms with Gasteiger partial charge in [0.1, 0.15) is 0 Å². The number of hydrogen-bond donors (Lipinski definition) is 6. The summed E-state index contributed by atoms with van der Waals surface area (Å²) >= 11 is 11.5. The Morgan fingerprint density at radius 3 is 2.41 bits per heavy atom. The zero-order valence-electron chi connectivity index (χ0n) is 18.8. The van der Waals surface area contributed by atoms with Gasteiger partial charge in [0.05, 0.1) is 20.4 Å². The van der Waals surface area contributed by atoms with Gasteiger partial charge >= 0.3 is 27.0 Å². The first kappa shape index (κ1) is 31.3. The van der Waals surface area contributed by atoms with E-state index in [0.717, 1.165) is 0 Å². The molecule has 34 heavy (non-hydrogen) atoms. The normalized spacial score (nSPS) is 12.8. The summed E-state index contributed by atoms with van der Waals surface area (Å²) < 4.78 is 9.96. The number of methoxy groups -OCH3 is 2. The molecule has 0 radical (unpaired) electrons. The predicted octanol–water partition coefficient (Wildman–Crippen LogP) is 1.65. The molecule has 0 saturated carbocycles. The van der Waals surface area contributed by atoms with Crippen molar-refractivity contribution >= 4 is 56.3 Å². The number of para-hydroxylation sites is 1. The van der Waals surface area contributed by atoms with E-state index in [1.165, 1.54) is 26.6 Å². The molecule has 6 N–H and O–H groups in total. The molecule has 1 aliphatic rings. The summed E-state index contributed by atoms with van der Waals surface area (Å²) in [6.07, 6.45) is 8.08. The standard InChI is InChI=1S/2C10H13N3O2S.ClH.Ru/c1-11-10(16)13-12-6-7-4-3-5-8(15-2)9(7)14;1-11-10(16)13-12-6-7-4-3-5-8(14)9(7)15-2;;/h3-6,12H,1-2H3,(H2,11,13,16);3-6,14H,1-2H3,(H2,11,13,16);1H;/q;;;+1/p-1/b7-6-;12-6+;;. The molecule has 0 heterocycles. The van der Waals surface area contributed by atoms with Gasteiger partial charge in [-0.25, -0.2) is 0 Å². The number of hydrazone groups is 1. The van der Waals surface area contributed by atoms with Crippen molar-refractivity contribution in [2.45, 2.75) is 0 Å². The number of aromatic hydroxyl groups is 1.